The van der Waals surface area contributed by atoms with Gasteiger partial charge in [-0.25, -0.2) is 13.7 Å². The molecule has 1 aliphatic heterocycles. The number of aliphatic hydroxyl groups excluding tert-OH is 3. The molecule has 18 heteroatoms. The number of hydrogen-bond acceptors (Lipinski definition) is 11. The number of aromatic amines is 1. The normalized spacial score (nSPS) is 24.8. The average Bonchev–Trinajstić information content (AvgIpc) is 3.06. The molecule has 16 nitrogen and oxygen atoms in total. The van der Waals surface area contributed by atoms with Crippen LogP contribution in [-0.4, -0.2) is 65.5 Å². The molecule has 1 saturated heterocycles. The van der Waals surface area contributed by atoms with Crippen molar-refractivity contribution in [2.24, 2.45) is 0 Å². The number of nitrogens with one attached hydrogen (secondary N) is 2. The maximum Gasteiger partial charge on any atom is 0.479 e. The fourth-order valence-electron chi connectivity index (χ4n) is 3.49. The lowest BCUT2D eigenvalue weighted by molar-refractivity contribution is -0.114. The summed E-state index contributed by atoms with van der Waals surface area (Å²) in [5, 5.41) is 32.1. The van der Waals surface area contributed by atoms with Gasteiger partial charge in [-0.05, 0) is 17.2 Å². The van der Waals surface area contributed by atoms with Crippen LogP contribution < -0.4 is 16.6 Å². The van der Waals surface area contributed by atoms with Crippen molar-refractivity contribution in [2.75, 3.05) is 11.9 Å². The van der Waals surface area contributed by atoms with Crippen LogP contribution in [0.25, 0.3) is 0 Å². The van der Waals surface area contributed by atoms with Crippen molar-refractivity contribution in [2.45, 2.75) is 44.2 Å². The van der Waals surface area contributed by atoms with Gasteiger partial charge in [0.05, 0.1) is 19.4 Å². The number of ether oxygens (including phenoxy) is 1. The molecule has 1 amide bonds. The third kappa shape index (κ3) is 7.52. The second-order valence-corrected chi connectivity index (χ2v) is 11.5. The van der Waals surface area contributed by atoms with Gasteiger partial charge in [-0.15, -0.1) is 0 Å². The quantitative estimate of drug-likeness (QED) is 0.173. The Balaban J connectivity index is 1.67. The summed E-state index contributed by atoms with van der Waals surface area (Å²) in [6.45, 7) is -0.0843. The third-order valence-electron chi connectivity index (χ3n) is 5.13. The summed E-state index contributed by atoms with van der Waals surface area (Å²) >= 11 is 0. The molecule has 1 aromatic heterocycles. The van der Waals surface area contributed by atoms with Gasteiger partial charge in [0, 0.05) is 24.9 Å². The van der Waals surface area contributed by atoms with Crippen LogP contribution in [0.5, 0.6) is 0 Å². The van der Waals surface area contributed by atoms with E-state index in [1.807, 2.05) is 4.98 Å². The average molecular weight is 565 g/mol. The predicted molar refractivity (Wildman–Crippen MR) is 124 cm³/mol. The minimum atomic E-state index is -5.24. The van der Waals surface area contributed by atoms with Crippen molar-refractivity contribution in [3.8, 4) is 0 Å². The first-order valence-electron chi connectivity index (χ1n) is 10.5. The van der Waals surface area contributed by atoms with Crippen molar-refractivity contribution in [1.29, 1.82) is 0 Å². The van der Waals surface area contributed by atoms with Crippen molar-refractivity contribution in [3.63, 3.8) is 0 Å². The molecular formula is C19H25N3O13P2. The second kappa shape index (κ2) is 11.5. The lowest BCUT2D eigenvalue weighted by atomic mass is 10.1. The highest BCUT2D eigenvalue weighted by molar-refractivity contribution is 7.63. The number of carbonyl (C=O) groups excluding carboxylic acids is 1. The number of phosphoric acid groups is 1. The molecule has 0 spiro atoms. The zero-order chi connectivity index (χ0) is 27.5. The molecule has 0 aliphatic carbocycles. The number of nitrogens with zero attached hydrogens (tertiary/aromatic N) is 1. The number of amides is 1. The van der Waals surface area contributed by atoms with E-state index < -0.39 is 69.9 Å². The molecule has 1 fully saturated rings. The van der Waals surface area contributed by atoms with Gasteiger partial charge in [0.1, 0.15) is 18.3 Å². The molecule has 7 N–H and O–H groups in total. The Morgan fingerprint density at radius 3 is 2.51 bits per heavy atom. The van der Waals surface area contributed by atoms with Crippen LogP contribution in [0.3, 0.4) is 0 Å². The van der Waals surface area contributed by atoms with E-state index in [-0.39, 0.29) is 17.9 Å². The molecular weight excluding hydrogens is 540 g/mol. The second-order valence-electron chi connectivity index (χ2n) is 8.04. The molecule has 1 aliphatic rings. The van der Waals surface area contributed by atoms with Crippen molar-refractivity contribution in [3.05, 3.63) is 62.4 Å². The van der Waals surface area contributed by atoms with Crippen LogP contribution in [-0.2, 0) is 40.3 Å². The van der Waals surface area contributed by atoms with E-state index in [0.29, 0.717) is 5.56 Å². The van der Waals surface area contributed by atoms with Gasteiger partial charge in [-0.1, -0.05) is 12.1 Å². The standard InChI is InChI=1S/C19H25N3O13P2/c1-10(24)20-13-6-11(7-23)2-3-12(13)9-36(29,30)35-37(31,32)33-8-14-16(26)17(27)18(34-14)22-5-4-15(25)21-19(22)28/h2-6,14,16-18,23,26-27H,7-9H2,1H3,(H,20,24)(H,29,30)(H,31,32)(H,21,25,28)/t14-,16?,17+,18-/m1/s1. The summed E-state index contributed by atoms with van der Waals surface area (Å²) in [7, 11) is -10.1. The molecule has 1 aromatic carbocycles. The highest BCUT2D eigenvalue weighted by atomic mass is 31.3. The smallest absolute Gasteiger partial charge is 0.392 e. The maximum atomic E-state index is 12.6. The van der Waals surface area contributed by atoms with E-state index in [1.54, 1.807) is 0 Å². The van der Waals surface area contributed by atoms with E-state index in [1.165, 1.54) is 25.1 Å². The van der Waals surface area contributed by atoms with Crippen LogP contribution in [0.1, 0.15) is 24.3 Å². The molecule has 0 radical (unpaired) electrons. The molecule has 204 valence electrons. The first-order valence-corrected chi connectivity index (χ1v) is 13.8. The van der Waals surface area contributed by atoms with Crippen LogP contribution >= 0.6 is 15.4 Å². The predicted octanol–water partition coefficient (Wildman–Crippen LogP) is -0.874. The molecule has 2 heterocycles. The molecule has 0 bridgehead atoms. The number of aromatic nitrogens is 2. The number of benzene rings is 1. The molecule has 0 saturated carbocycles. The van der Waals surface area contributed by atoms with Gasteiger partial charge >= 0.3 is 21.1 Å². The van der Waals surface area contributed by atoms with Crippen LogP contribution in [0.4, 0.5) is 5.69 Å². The fourth-order valence-corrected chi connectivity index (χ4v) is 6.24. The summed E-state index contributed by atoms with van der Waals surface area (Å²) in [5.74, 6) is -0.513. The molecule has 3 unspecified atom stereocenters. The number of hydrogen-bond donors (Lipinski definition) is 7. The first kappa shape index (κ1) is 29.1. The Morgan fingerprint density at radius 2 is 1.89 bits per heavy atom. The topological polar surface area (TPSA) is 247 Å². The number of rotatable bonds is 10. The van der Waals surface area contributed by atoms with Crippen LogP contribution in [0, 0.1) is 0 Å². The Bertz CT molecular complexity index is 1360. The highest BCUT2D eigenvalue weighted by Crippen LogP contribution is 2.61. The van der Waals surface area contributed by atoms with Gasteiger partial charge < -0.3 is 35.2 Å². The van der Waals surface area contributed by atoms with Crippen LogP contribution in [0.2, 0.25) is 0 Å². The van der Waals surface area contributed by atoms with E-state index in [4.69, 9.17) is 4.74 Å². The summed E-state index contributed by atoms with van der Waals surface area (Å²) < 4.78 is 40.2. The van der Waals surface area contributed by atoms with E-state index >= 15 is 0 Å². The van der Waals surface area contributed by atoms with Crippen molar-refractivity contribution >= 4 is 27.0 Å². The zero-order valence-corrected chi connectivity index (χ0v) is 21.0. The van der Waals surface area contributed by atoms with Crippen molar-refractivity contribution in [1.82, 2.24) is 9.55 Å². The highest BCUT2D eigenvalue weighted by Gasteiger charge is 2.45. The summed E-state index contributed by atoms with van der Waals surface area (Å²) in [4.78, 5) is 56.7. The van der Waals surface area contributed by atoms with Gasteiger partial charge in [0.25, 0.3) is 5.56 Å². The van der Waals surface area contributed by atoms with E-state index in [2.05, 4.69) is 14.2 Å². The van der Waals surface area contributed by atoms with Gasteiger partial charge in [0.15, 0.2) is 6.23 Å². The SMILES string of the molecule is CC(=O)Nc1cc(CO)ccc1CP(=O)(O)OP(=O)(O)OC[C@H]1O[C@@H](n2ccc(=O)[nH]c2=O)[C@@H](O)C1O. The monoisotopic (exact) mass is 565 g/mol. The number of phosphoric ester groups is 1. The van der Waals surface area contributed by atoms with E-state index in [9.17, 15) is 48.6 Å². The van der Waals surface area contributed by atoms with Crippen LogP contribution in [0.15, 0.2) is 40.1 Å². The Kier molecular flexibility index (Phi) is 9.03. The Hall–Kier alpha value is -2.49. The summed E-state index contributed by atoms with van der Waals surface area (Å²) in [6.07, 6.45) is -6.18. The number of aliphatic hydroxyl groups is 3. The first-order chi connectivity index (χ1) is 17.2. The van der Waals surface area contributed by atoms with Gasteiger partial charge in [-0.3, -0.25) is 28.2 Å². The largest absolute Gasteiger partial charge is 0.479 e. The van der Waals surface area contributed by atoms with Crippen molar-refractivity contribution < 1.29 is 52.6 Å². The van der Waals surface area contributed by atoms with E-state index in [0.717, 1.165) is 16.8 Å². The molecule has 37 heavy (non-hydrogen) atoms. The lowest BCUT2D eigenvalue weighted by Crippen LogP contribution is -2.37. The van der Waals surface area contributed by atoms with Gasteiger partial charge in [0.2, 0.25) is 5.91 Å². The minimum Gasteiger partial charge on any atom is -0.392 e. The molecule has 6 atom stereocenters. The number of H-pyrrole nitrogens is 1. The number of carbonyl (C=O) groups is 1. The Labute approximate surface area is 208 Å². The molecule has 3 rings (SSSR count). The van der Waals surface area contributed by atoms with Gasteiger partial charge in [-0.2, -0.15) is 0 Å². The Morgan fingerprint density at radius 1 is 1.19 bits per heavy atom. The maximum absolute atomic E-state index is 12.6. The third-order valence-corrected chi connectivity index (χ3v) is 8.19. The summed E-state index contributed by atoms with van der Waals surface area (Å²) in [6, 6.07) is 5.04. The summed E-state index contributed by atoms with van der Waals surface area (Å²) in [5.41, 5.74) is -1.14. The molecule has 2 aromatic rings. The lowest BCUT2D eigenvalue weighted by Gasteiger charge is -2.20. The fraction of sp³-hybridized carbons (Fsp3) is 0.421. The number of anilines is 1. The minimum absolute atomic E-state index is 0.0603. The zero-order valence-electron chi connectivity index (χ0n) is 19.2.